The Balaban J connectivity index is 2.81. The molecule has 0 aliphatic rings. The molecule has 7 nitrogen and oxygen atoms in total. The number of rotatable bonds is 5. The van der Waals surface area contributed by atoms with Gasteiger partial charge in [0.2, 0.25) is 5.91 Å². The zero-order valence-corrected chi connectivity index (χ0v) is 10.5. The molecule has 1 aromatic rings. The van der Waals surface area contributed by atoms with Crippen molar-refractivity contribution in [1.82, 2.24) is 15.3 Å². The Bertz CT molecular complexity index is 430. The number of anilines is 1. The first-order valence-corrected chi connectivity index (χ1v) is 5.49. The molecule has 0 saturated carbocycles. The number of aromatic carboxylic acids is 1. The molecule has 0 aliphatic heterocycles. The maximum absolute atomic E-state index is 11.6. The zero-order chi connectivity index (χ0) is 13.7. The topological polar surface area (TPSA) is 104 Å². The molecular weight excluding hydrogens is 236 g/mol. The third-order valence-electron chi connectivity index (χ3n) is 2.37. The van der Waals surface area contributed by atoms with Crippen molar-refractivity contribution < 1.29 is 14.7 Å². The first-order valence-electron chi connectivity index (χ1n) is 5.49. The van der Waals surface area contributed by atoms with Crippen molar-refractivity contribution in [2.75, 3.05) is 12.4 Å². The summed E-state index contributed by atoms with van der Waals surface area (Å²) >= 11 is 0. The fourth-order valence-electron chi connectivity index (χ4n) is 1.36. The fraction of sp³-hybridized carbons (Fsp3) is 0.455. The largest absolute Gasteiger partial charge is 0.476 e. The van der Waals surface area contributed by atoms with Crippen LogP contribution in [0.15, 0.2) is 12.4 Å². The molecule has 0 bridgehead atoms. The molecule has 1 heterocycles. The smallest absolute Gasteiger partial charge is 0.356 e. The van der Waals surface area contributed by atoms with Gasteiger partial charge in [0.05, 0.1) is 12.4 Å². The van der Waals surface area contributed by atoms with Crippen molar-refractivity contribution in [2.45, 2.75) is 19.9 Å². The second kappa shape index (κ2) is 5.95. The van der Waals surface area contributed by atoms with Gasteiger partial charge in [-0.3, -0.25) is 4.79 Å². The number of nitrogens with zero attached hydrogens (tertiary/aromatic N) is 2. The fourth-order valence-corrected chi connectivity index (χ4v) is 1.36. The minimum absolute atomic E-state index is 0.0610. The van der Waals surface area contributed by atoms with Crippen molar-refractivity contribution in [2.24, 2.45) is 5.92 Å². The maximum Gasteiger partial charge on any atom is 0.356 e. The normalized spacial score (nSPS) is 12.0. The van der Waals surface area contributed by atoms with Crippen molar-refractivity contribution in [3.63, 3.8) is 0 Å². The Kier molecular flexibility index (Phi) is 4.59. The van der Waals surface area contributed by atoms with Crippen LogP contribution in [0, 0.1) is 5.92 Å². The van der Waals surface area contributed by atoms with Crippen molar-refractivity contribution in [1.29, 1.82) is 0 Å². The molecular formula is C11H16N4O3. The van der Waals surface area contributed by atoms with E-state index in [1.165, 1.54) is 6.20 Å². The molecule has 0 radical (unpaired) electrons. The van der Waals surface area contributed by atoms with Crippen LogP contribution >= 0.6 is 0 Å². The summed E-state index contributed by atoms with van der Waals surface area (Å²) in [6, 6.07) is -0.444. The summed E-state index contributed by atoms with van der Waals surface area (Å²) in [5, 5.41) is 14.2. The Labute approximate surface area is 105 Å². The molecule has 0 spiro atoms. The summed E-state index contributed by atoms with van der Waals surface area (Å²) < 4.78 is 0. The molecule has 0 aliphatic carbocycles. The van der Waals surface area contributed by atoms with Gasteiger partial charge in [-0.2, -0.15) is 0 Å². The second-order valence-electron chi connectivity index (χ2n) is 4.07. The standard InChI is InChI=1S/C11H16N4O3/c1-6(2)9(10(16)12-3)15-8-5-13-7(4-14-8)11(17)18/h4-6,9H,1-3H3,(H,12,16)(H,14,15)(H,17,18)/t9-/m0/s1. The van der Waals surface area contributed by atoms with Crippen molar-refractivity contribution >= 4 is 17.7 Å². The van der Waals surface area contributed by atoms with Crippen LogP contribution in [0.25, 0.3) is 0 Å². The van der Waals surface area contributed by atoms with E-state index in [4.69, 9.17) is 5.11 Å². The number of likely N-dealkylation sites (N-methyl/N-ethyl adjacent to an activating group) is 1. The summed E-state index contributed by atoms with van der Waals surface area (Å²) in [6.45, 7) is 3.79. The van der Waals surface area contributed by atoms with E-state index < -0.39 is 12.0 Å². The molecule has 0 fully saturated rings. The zero-order valence-electron chi connectivity index (χ0n) is 10.5. The second-order valence-corrected chi connectivity index (χ2v) is 4.07. The van der Waals surface area contributed by atoms with Crippen LogP contribution < -0.4 is 10.6 Å². The van der Waals surface area contributed by atoms with Crippen molar-refractivity contribution in [3.8, 4) is 0 Å². The number of hydrogen-bond donors (Lipinski definition) is 3. The highest BCUT2D eigenvalue weighted by Crippen LogP contribution is 2.09. The van der Waals surface area contributed by atoms with E-state index in [1.54, 1.807) is 7.05 Å². The average molecular weight is 252 g/mol. The highest BCUT2D eigenvalue weighted by molar-refractivity contribution is 5.85. The van der Waals surface area contributed by atoms with E-state index in [2.05, 4.69) is 20.6 Å². The molecule has 0 saturated heterocycles. The predicted molar refractivity (Wildman–Crippen MR) is 65.3 cm³/mol. The summed E-state index contributed by atoms with van der Waals surface area (Å²) in [7, 11) is 1.55. The quantitative estimate of drug-likeness (QED) is 0.698. The number of carbonyl (C=O) groups excluding carboxylic acids is 1. The van der Waals surface area contributed by atoms with Crippen LogP contribution in [0.1, 0.15) is 24.3 Å². The number of nitrogens with one attached hydrogen (secondary N) is 2. The number of aromatic nitrogens is 2. The maximum atomic E-state index is 11.6. The lowest BCUT2D eigenvalue weighted by molar-refractivity contribution is -0.122. The first-order chi connectivity index (χ1) is 8.45. The van der Waals surface area contributed by atoms with Gasteiger partial charge >= 0.3 is 5.97 Å². The Morgan fingerprint density at radius 2 is 1.94 bits per heavy atom. The van der Waals surface area contributed by atoms with E-state index in [-0.39, 0.29) is 17.5 Å². The molecule has 1 aromatic heterocycles. The van der Waals surface area contributed by atoms with Gasteiger partial charge in [0.1, 0.15) is 11.9 Å². The number of carboxylic acid groups (broad SMARTS) is 1. The predicted octanol–water partition coefficient (Wildman–Crippen LogP) is 0.357. The molecule has 0 aromatic carbocycles. The van der Waals surface area contributed by atoms with Gasteiger partial charge in [0, 0.05) is 7.05 Å². The molecule has 7 heteroatoms. The van der Waals surface area contributed by atoms with Gasteiger partial charge in [-0.25, -0.2) is 14.8 Å². The molecule has 98 valence electrons. The lowest BCUT2D eigenvalue weighted by Crippen LogP contribution is -2.41. The number of carboxylic acids is 1. The van der Waals surface area contributed by atoms with Gasteiger partial charge in [-0.15, -0.1) is 0 Å². The van der Waals surface area contributed by atoms with E-state index in [0.29, 0.717) is 5.82 Å². The molecule has 18 heavy (non-hydrogen) atoms. The average Bonchev–Trinajstić information content (AvgIpc) is 2.35. The van der Waals surface area contributed by atoms with Crippen molar-refractivity contribution in [3.05, 3.63) is 18.1 Å². The van der Waals surface area contributed by atoms with E-state index in [9.17, 15) is 9.59 Å². The monoisotopic (exact) mass is 252 g/mol. The van der Waals surface area contributed by atoms with Gasteiger partial charge in [0.15, 0.2) is 5.69 Å². The molecule has 1 amide bonds. The third kappa shape index (κ3) is 3.41. The van der Waals surface area contributed by atoms with Crippen LogP contribution in [0.5, 0.6) is 0 Å². The minimum Gasteiger partial charge on any atom is -0.476 e. The number of carbonyl (C=O) groups is 2. The summed E-state index contributed by atoms with van der Waals surface area (Å²) in [4.78, 5) is 29.9. The molecule has 1 rings (SSSR count). The molecule has 3 N–H and O–H groups in total. The summed E-state index contributed by atoms with van der Waals surface area (Å²) in [5.74, 6) is -0.872. The highest BCUT2D eigenvalue weighted by atomic mass is 16.4. The van der Waals surface area contributed by atoms with Gasteiger partial charge in [-0.05, 0) is 5.92 Å². The lowest BCUT2D eigenvalue weighted by Gasteiger charge is -2.20. The molecule has 0 unspecified atom stereocenters. The number of amides is 1. The highest BCUT2D eigenvalue weighted by Gasteiger charge is 2.21. The van der Waals surface area contributed by atoms with Crippen LogP contribution in [-0.2, 0) is 4.79 Å². The third-order valence-corrected chi connectivity index (χ3v) is 2.37. The SMILES string of the molecule is CNC(=O)[C@@H](Nc1cnc(C(=O)O)cn1)C(C)C. The lowest BCUT2D eigenvalue weighted by atomic mass is 10.0. The van der Waals surface area contributed by atoms with E-state index >= 15 is 0 Å². The van der Waals surface area contributed by atoms with Crippen LogP contribution in [0.2, 0.25) is 0 Å². The first kappa shape index (κ1) is 13.9. The summed E-state index contributed by atoms with van der Waals surface area (Å²) in [6.07, 6.45) is 2.44. The Morgan fingerprint density at radius 3 is 2.33 bits per heavy atom. The van der Waals surface area contributed by atoms with Crippen LogP contribution in [0.3, 0.4) is 0 Å². The minimum atomic E-state index is -1.14. The van der Waals surface area contributed by atoms with Gasteiger partial charge in [-0.1, -0.05) is 13.8 Å². The molecule has 1 atom stereocenters. The van der Waals surface area contributed by atoms with E-state index in [0.717, 1.165) is 6.20 Å². The Morgan fingerprint density at radius 1 is 1.28 bits per heavy atom. The Hall–Kier alpha value is -2.18. The summed E-state index contributed by atoms with van der Waals surface area (Å²) in [5.41, 5.74) is -0.137. The van der Waals surface area contributed by atoms with Crippen LogP contribution in [0.4, 0.5) is 5.82 Å². The van der Waals surface area contributed by atoms with Crippen LogP contribution in [-0.4, -0.2) is 40.0 Å². The van der Waals surface area contributed by atoms with Gasteiger partial charge < -0.3 is 15.7 Å². The van der Waals surface area contributed by atoms with Gasteiger partial charge in [0.25, 0.3) is 0 Å². The van der Waals surface area contributed by atoms with E-state index in [1.807, 2.05) is 13.8 Å². The number of hydrogen-bond acceptors (Lipinski definition) is 5.